The van der Waals surface area contributed by atoms with Gasteiger partial charge >= 0.3 is 6.09 Å². The predicted octanol–water partition coefficient (Wildman–Crippen LogP) is 0.691. The van der Waals surface area contributed by atoms with Crippen molar-refractivity contribution in [1.29, 1.82) is 0 Å². The summed E-state index contributed by atoms with van der Waals surface area (Å²) in [5.74, 6) is -0.732. The van der Waals surface area contributed by atoms with Gasteiger partial charge in [-0.25, -0.2) is 9.18 Å². The Morgan fingerprint density at radius 2 is 2.32 bits per heavy atom. The molecule has 0 bridgehead atoms. The molecule has 2 rings (SSSR count). The van der Waals surface area contributed by atoms with Crippen molar-refractivity contribution in [3.8, 4) is 0 Å². The van der Waals surface area contributed by atoms with Gasteiger partial charge in [0.2, 0.25) is 5.91 Å². The van der Waals surface area contributed by atoms with E-state index in [0.29, 0.717) is 5.69 Å². The molecular weight excluding hydrogens is 293 g/mol. The highest BCUT2D eigenvalue weighted by molar-refractivity contribution is 5.90. The van der Waals surface area contributed by atoms with E-state index < -0.39 is 18.0 Å². The van der Waals surface area contributed by atoms with Crippen molar-refractivity contribution < 1.29 is 23.8 Å². The second-order valence-corrected chi connectivity index (χ2v) is 4.87. The third kappa shape index (κ3) is 3.85. The Hall–Kier alpha value is -2.35. The van der Waals surface area contributed by atoms with E-state index in [1.807, 2.05) is 0 Å². The van der Waals surface area contributed by atoms with Crippen LogP contribution < -0.4 is 15.5 Å². The van der Waals surface area contributed by atoms with Crippen molar-refractivity contribution in [2.45, 2.75) is 13.0 Å². The predicted molar refractivity (Wildman–Crippen MR) is 78.3 cm³/mol. The Morgan fingerprint density at radius 1 is 1.55 bits per heavy atom. The number of hydrogen-bond acceptors (Lipinski definition) is 5. The fourth-order valence-corrected chi connectivity index (χ4v) is 2.10. The number of aliphatic hydroxyl groups excluding tert-OH is 1. The number of nitrogens with one attached hydrogen (secondary N) is 2. The van der Waals surface area contributed by atoms with Crippen molar-refractivity contribution in [3.05, 3.63) is 24.0 Å². The molecule has 1 heterocycles. The zero-order valence-corrected chi connectivity index (χ0v) is 12.1. The number of nitrogens with zero attached hydrogens (tertiary/aromatic N) is 1. The molecule has 7 nitrogen and oxygen atoms in total. The van der Waals surface area contributed by atoms with Gasteiger partial charge in [-0.15, -0.1) is 0 Å². The van der Waals surface area contributed by atoms with Crippen LogP contribution in [0.4, 0.5) is 20.6 Å². The third-order valence-corrected chi connectivity index (χ3v) is 3.14. The van der Waals surface area contributed by atoms with Crippen molar-refractivity contribution >= 4 is 23.4 Å². The summed E-state index contributed by atoms with van der Waals surface area (Å²) >= 11 is 0. The molecule has 1 saturated heterocycles. The lowest BCUT2D eigenvalue weighted by atomic mass is 10.2. The lowest BCUT2D eigenvalue weighted by Crippen LogP contribution is -2.33. The largest absolute Gasteiger partial charge is 0.442 e. The summed E-state index contributed by atoms with van der Waals surface area (Å²) in [6.45, 7) is 1.96. The molecule has 1 aromatic carbocycles. The molecule has 1 aromatic rings. The molecule has 8 heteroatoms. The van der Waals surface area contributed by atoms with E-state index in [9.17, 15) is 14.0 Å². The van der Waals surface area contributed by atoms with Gasteiger partial charge in [0, 0.05) is 13.5 Å². The maximum absolute atomic E-state index is 13.9. The number of hydrogen-bond donors (Lipinski definition) is 3. The highest BCUT2D eigenvalue weighted by Gasteiger charge is 2.32. The second-order valence-electron chi connectivity index (χ2n) is 4.87. The molecule has 1 aliphatic rings. The zero-order chi connectivity index (χ0) is 16.1. The Morgan fingerprint density at radius 3 is 2.95 bits per heavy atom. The number of amides is 2. The van der Waals surface area contributed by atoms with Crippen molar-refractivity contribution in [3.63, 3.8) is 0 Å². The number of anilines is 2. The van der Waals surface area contributed by atoms with Gasteiger partial charge in [-0.3, -0.25) is 9.69 Å². The van der Waals surface area contributed by atoms with Gasteiger partial charge in [0.25, 0.3) is 0 Å². The van der Waals surface area contributed by atoms with Crippen molar-refractivity contribution in [2.24, 2.45) is 0 Å². The first kappa shape index (κ1) is 16.0. The van der Waals surface area contributed by atoms with Crippen LogP contribution in [-0.2, 0) is 9.53 Å². The first-order valence-electron chi connectivity index (χ1n) is 6.88. The van der Waals surface area contributed by atoms with Gasteiger partial charge in [0.1, 0.15) is 11.9 Å². The van der Waals surface area contributed by atoms with Crippen LogP contribution in [0.1, 0.15) is 6.92 Å². The van der Waals surface area contributed by atoms with Crippen LogP contribution in [0.3, 0.4) is 0 Å². The summed E-state index contributed by atoms with van der Waals surface area (Å²) in [4.78, 5) is 24.0. The minimum Gasteiger partial charge on any atom is -0.442 e. The average molecular weight is 311 g/mol. The Bertz CT molecular complexity index is 567. The highest BCUT2D eigenvalue weighted by Crippen LogP contribution is 2.25. The van der Waals surface area contributed by atoms with Crippen LogP contribution in [0.5, 0.6) is 0 Å². The smallest absolute Gasteiger partial charge is 0.414 e. The first-order chi connectivity index (χ1) is 10.5. The summed E-state index contributed by atoms with van der Waals surface area (Å²) in [5.41, 5.74) is 0.627. The molecule has 0 unspecified atom stereocenters. The van der Waals surface area contributed by atoms with Crippen LogP contribution in [0.2, 0.25) is 0 Å². The number of halogens is 1. The number of aliphatic hydroxyl groups is 1. The molecule has 1 aliphatic heterocycles. The maximum Gasteiger partial charge on any atom is 0.414 e. The maximum atomic E-state index is 13.9. The molecule has 0 aromatic heterocycles. The summed E-state index contributed by atoms with van der Waals surface area (Å²) in [6.07, 6.45) is -1.04. The molecule has 22 heavy (non-hydrogen) atoms. The van der Waals surface area contributed by atoms with E-state index in [0.717, 1.165) is 0 Å². The Labute approximate surface area is 127 Å². The fraction of sp³-hybridized carbons (Fsp3) is 0.429. The van der Waals surface area contributed by atoms with Crippen LogP contribution in [-0.4, -0.2) is 49.5 Å². The topological polar surface area (TPSA) is 90.9 Å². The van der Waals surface area contributed by atoms with E-state index in [1.54, 1.807) is 6.07 Å². The minimum absolute atomic E-state index is 0.107. The molecule has 0 radical (unpaired) electrons. The van der Waals surface area contributed by atoms with Crippen LogP contribution in [0.15, 0.2) is 18.2 Å². The van der Waals surface area contributed by atoms with Crippen LogP contribution >= 0.6 is 0 Å². The second kappa shape index (κ2) is 7.08. The zero-order valence-electron chi connectivity index (χ0n) is 12.1. The SMILES string of the molecule is CC(=O)NC[C@@H]1CN(c2ccc(NCCO)c(F)c2)C(=O)O1. The molecule has 1 atom stereocenters. The van der Waals surface area contributed by atoms with Gasteiger partial charge < -0.3 is 20.5 Å². The quantitative estimate of drug-likeness (QED) is 0.719. The van der Waals surface area contributed by atoms with Crippen LogP contribution in [0, 0.1) is 5.82 Å². The van der Waals surface area contributed by atoms with E-state index in [2.05, 4.69) is 10.6 Å². The van der Waals surface area contributed by atoms with Gasteiger partial charge in [-0.05, 0) is 18.2 Å². The first-order valence-corrected chi connectivity index (χ1v) is 6.88. The molecule has 0 spiro atoms. The molecule has 120 valence electrons. The Balaban J connectivity index is 2.03. The molecule has 0 saturated carbocycles. The van der Waals surface area contributed by atoms with Gasteiger partial charge in [-0.1, -0.05) is 0 Å². The number of carbonyl (C=O) groups excluding carboxylic acids is 2. The normalized spacial score (nSPS) is 17.3. The molecule has 1 fully saturated rings. The summed E-state index contributed by atoms with van der Waals surface area (Å²) in [6, 6.07) is 4.31. The standard InChI is InChI=1S/C14H18FN3O4/c1-9(20)17-7-11-8-18(14(21)22-11)10-2-3-13(12(15)6-10)16-4-5-19/h2-3,6,11,16,19H,4-5,7-8H2,1H3,(H,17,20)/t11-/m1/s1. The van der Waals surface area contributed by atoms with Crippen molar-refractivity contribution in [1.82, 2.24) is 5.32 Å². The van der Waals surface area contributed by atoms with Crippen molar-refractivity contribution in [2.75, 3.05) is 36.5 Å². The lowest BCUT2D eigenvalue weighted by molar-refractivity contribution is -0.119. The summed E-state index contributed by atoms with van der Waals surface area (Å²) < 4.78 is 19.0. The fourth-order valence-electron chi connectivity index (χ4n) is 2.10. The highest BCUT2D eigenvalue weighted by atomic mass is 19.1. The molecule has 0 aliphatic carbocycles. The monoisotopic (exact) mass is 311 g/mol. The number of benzene rings is 1. The molecule has 3 N–H and O–H groups in total. The lowest BCUT2D eigenvalue weighted by Gasteiger charge is -2.15. The summed E-state index contributed by atoms with van der Waals surface area (Å²) in [5, 5.41) is 14.0. The number of carbonyl (C=O) groups is 2. The summed E-state index contributed by atoms with van der Waals surface area (Å²) in [7, 11) is 0. The molecular formula is C14H18FN3O4. The van der Waals surface area contributed by atoms with Crippen LogP contribution in [0.25, 0.3) is 0 Å². The van der Waals surface area contributed by atoms with E-state index >= 15 is 0 Å². The van der Waals surface area contributed by atoms with E-state index in [4.69, 9.17) is 9.84 Å². The number of ether oxygens (including phenoxy) is 1. The van der Waals surface area contributed by atoms with Gasteiger partial charge in [-0.2, -0.15) is 0 Å². The van der Waals surface area contributed by atoms with Gasteiger partial charge in [0.05, 0.1) is 31.1 Å². The minimum atomic E-state index is -0.578. The van der Waals surface area contributed by atoms with E-state index in [-0.39, 0.29) is 37.8 Å². The molecule has 2 amide bonds. The third-order valence-electron chi connectivity index (χ3n) is 3.14. The van der Waals surface area contributed by atoms with Gasteiger partial charge in [0.15, 0.2) is 0 Å². The Kier molecular flexibility index (Phi) is 5.16. The number of cyclic esters (lactones) is 1. The van der Waals surface area contributed by atoms with E-state index in [1.165, 1.54) is 24.0 Å². The number of rotatable bonds is 6. The average Bonchev–Trinajstić information content (AvgIpc) is 2.85.